The van der Waals surface area contributed by atoms with E-state index >= 15 is 0 Å². The van der Waals surface area contributed by atoms with E-state index in [9.17, 15) is 10.1 Å². The van der Waals surface area contributed by atoms with Gasteiger partial charge in [-0.15, -0.1) is 0 Å². The Kier molecular flexibility index (Phi) is 8.34. The molecule has 1 atom stereocenters. The molecular weight excluding hydrogens is 330 g/mol. The van der Waals surface area contributed by atoms with Crippen molar-refractivity contribution in [1.29, 1.82) is 0 Å². The van der Waals surface area contributed by atoms with Crippen LogP contribution in [0.3, 0.4) is 0 Å². The fourth-order valence-electron chi connectivity index (χ4n) is 3.46. The number of aliphatic imine (C=N–C) groups is 1. The van der Waals surface area contributed by atoms with Crippen LogP contribution in [0, 0.1) is 10.1 Å². The molecule has 1 aliphatic heterocycles. The zero-order valence-electron chi connectivity index (χ0n) is 15.9. The predicted octanol–water partition coefficient (Wildman–Crippen LogP) is 2.91. The van der Waals surface area contributed by atoms with Crippen molar-refractivity contribution in [3.63, 3.8) is 0 Å². The molecule has 144 valence electrons. The van der Waals surface area contributed by atoms with Gasteiger partial charge in [0.15, 0.2) is 5.96 Å². The summed E-state index contributed by atoms with van der Waals surface area (Å²) in [6.45, 7) is 8.30. The molecule has 1 aromatic carbocycles. The number of hydrogen-bond acceptors (Lipinski definition) is 4. The van der Waals surface area contributed by atoms with E-state index in [1.165, 1.54) is 38.3 Å². The molecule has 7 nitrogen and oxygen atoms in total. The maximum absolute atomic E-state index is 11.1. The maximum Gasteiger partial charge on any atom is 0.274 e. The number of nitrogens with zero attached hydrogens (tertiary/aromatic N) is 3. The van der Waals surface area contributed by atoms with Crippen molar-refractivity contribution in [2.75, 3.05) is 26.2 Å². The Bertz CT molecular complexity index is 605. The molecule has 0 bridgehead atoms. The first-order valence-corrected chi connectivity index (χ1v) is 9.64. The van der Waals surface area contributed by atoms with Gasteiger partial charge in [0.05, 0.1) is 17.0 Å². The van der Waals surface area contributed by atoms with E-state index in [-0.39, 0.29) is 17.2 Å². The predicted molar refractivity (Wildman–Crippen MR) is 105 cm³/mol. The summed E-state index contributed by atoms with van der Waals surface area (Å²) in [5, 5.41) is 17.7. The largest absolute Gasteiger partial charge is 0.357 e. The van der Waals surface area contributed by atoms with Crippen LogP contribution in [-0.2, 0) is 6.54 Å². The number of para-hydroxylation sites is 1. The Morgan fingerprint density at radius 1 is 1.31 bits per heavy atom. The first-order chi connectivity index (χ1) is 12.7. The lowest BCUT2D eigenvalue weighted by atomic mass is 10.0. The third kappa shape index (κ3) is 5.98. The van der Waals surface area contributed by atoms with Gasteiger partial charge in [0.25, 0.3) is 5.69 Å². The lowest BCUT2D eigenvalue weighted by Crippen LogP contribution is -2.45. The van der Waals surface area contributed by atoms with Crippen LogP contribution >= 0.6 is 0 Å². The lowest BCUT2D eigenvalue weighted by molar-refractivity contribution is -0.385. The third-order valence-corrected chi connectivity index (χ3v) is 4.85. The van der Waals surface area contributed by atoms with Gasteiger partial charge in [-0.05, 0) is 32.7 Å². The zero-order chi connectivity index (χ0) is 18.8. The fourth-order valence-corrected chi connectivity index (χ4v) is 3.46. The number of hydrogen-bond donors (Lipinski definition) is 2. The summed E-state index contributed by atoms with van der Waals surface area (Å²) in [6.07, 6.45) is 5.11. The van der Waals surface area contributed by atoms with Crippen LogP contribution in [0.5, 0.6) is 0 Å². The van der Waals surface area contributed by atoms with Gasteiger partial charge < -0.3 is 10.6 Å². The lowest BCUT2D eigenvalue weighted by Gasteiger charge is -2.35. The monoisotopic (exact) mass is 361 g/mol. The molecule has 1 unspecified atom stereocenters. The minimum Gasteiger partial charge on any atom is -0.357 e. The highest BCUT2D eigenvalue weighted by atomic mass is 16.6. The minimum absolute atomic E-state index is 0.117. The molecule has 1 aromatic rings. The van der Waals surface area contributed by atoms with Crippen LogP contribution in [0.4, 0.5) is 5.69 Å². The topological polar surface area (TPSA) is 82.8 Å². The second-order valence-corrected chi connectivity index (χ2v) is 6.60. The van der Waals surface area contributed by atoms with Gasteiger partial charge in [0.1, 0.15) is 0 Å². The molecule has 1 fully saturated rings. The Labute approximate surface area is 156 Å². The van der Waals surface area contributed by atoms with Crippen LogP contribution in [0.25, 0.3) is 0 Å². The number of piperidine rings is 1. The summed E-state index contributed by atoms with van der Waals surface area (Å²) in [4.78, 5) is 17.8. The van der Waals surface area contributed by atoms with Crippen molar-refractivity contribution < 1.29 is 4.92 Å². The van der Waals surface area contributed by atoms with E-state index in [4.69, 9.17) is 0 Å². The normalized spacial score (nSPS) is 18.5. The molecule has 1 heterocycles. The summed E-state index contributed by atoms with van der Waals surface area (Å²) in [5.74, 6) is 0.704. The van der Waals surface area contributed by atoms with E-state index in [0.717, 1.165) is 19.6 Å². The average Bonchev–Trinajstić information content (AvgIpc) is 2.66. The van der Waals surface area contributed by atoms with Crippen molar-refractivity contribution in [2.24, 2.45) is 4.99 Å². The summed E-state index contributed by atoms with van der Waals surface area (Å²) in [6, 6.07) is 7.45. The zero-order valence-corrected chi connectivity index (χ0v) is 15.9. The molecule has 0 aromatic heterocycles. The molecular formula is C19H31N5O2. The number of nitro benzene ring substituents is 1. The Balaban J connectivity index is 1.91. The number of benzene rings is 1. The van der Waals surface area contributed by atoms with Gasteiger partial charge in [-0.3, -0.25) is 15.0 Å². The molecule has 0 spiro atoms. The number of rotatable bonds is 8. The molecule has 2 N–H and O–H groups in total. The number of likely N-dealkylation sites (tertiary alicyclic amines) is 1. The van der Waals surface area contributed by atoms with E-state index in [1.54, 1.807) is 18.2 Å². The van der Waals surface area contributed by atoms with Gasteiger partial charge in [0, 0.05) is 31.7 Å². The summed E-state index contributed by atoms with van der Waals surface area (Å²) in [5.41, 5.74) is 0.739. The Hall–Kier alpha value is -2.15. The fraction of sp³-hybridized carbons (Fsp3) is 0.632. The molecule has 0 saturated carbocycles. The second-order valence-electron chi connectivity index (χ2n) is 6.60. The summed E-state index contributed by atoms with van der Waals surface area (Å²) >= 11 is 0. The van der Waals surface area contributed by atoms with E-state index < -0.39 is 0 Å². The van der Waals surface area contributed by atoms with Crippen molar-refractivity contribution in [2.45, 2.75) is 52.1 Å². The van der Waals surface area contributed by atoms with Crippen LogP contribution < -0.4 is 10.6 Å². The van der Waals surface area contributed by atoms with Crippen LogP contribution in [-0.4, -0.2) is 48.0 Å². The molecule has 1 aliphatic rings. The average molecular weight is 361 g/mol. The first-order valence-electron chi connectivity index (χ1n) is 9.64. The molecule has 0 amide bonds. The van der Waals surface area contributed by atoms with Crippen LogP contribution in [0.15, 0.2) is 29.3 Å². The highest BCUT2D eigenvalue weighted by Gasteiger charge is 2.20. The van der Waals surface area contributed by atoms with Gasteiger partial charge in [0.2, 0.25) is 0 Å². The summed E-state index contributed by atoms with van der Waals surface area (Å²) < 4.78 is 0. The van der Waals surface area contributed by atoms with Gasteiger partial charge >= 0.3 is 0 Å². The van der Waals surface area contributed by atoms with E-state index in [0.29, 0.717) is 17.6 Å². The first kappa shape index (κ1) is 20.2. The molecule has 0 radical (unpaired) electrons. The van der Waals surface area contributed by atoms with Crippen molar-refractivity contribution >= 4 is 11.6 Å². The summed E-state index contributed by atoms with van der Waals surface area (Å²) in [7, 11) is 0. The van der Waals surface area contributed by atoms with E-state index in [2.05, 4.69) is 27.4 Å². The van der Waals surface area contributed by atoms with Crippen molar-refractivity contribution in [3.05, 3.63) is 39.9 Å². The van der Waals surface area contributed by atoms with Crippen molar-refractivity contribution in [3.8, 4) is 0 Å². The number of nitro groups is 1. The number of guanidine groups is 1. The van der Waals surface area contributed by atoms with E-state index in [1.807, 2.05) is 6.92 Å². The standard InChI is InChI=1S/C19H31N5O2/c1-3-17-10-7-8-13-23(17)14-12-21-19(20-4-2)22-15-16-9-5-6-11-18(16)24(25)26/h5-6,9,11,17H,3-4,7-8,10,12-15H2,1-2H3,(H2,20,21,22). The minimum atomic E-state index is -0.355. The highest BCUT2D eigenvalue weighted by molar-refractivity contribution is 5.79. The van der Waals surface area contributed by atoms with Gasteiger partial charge in [-0.1, -0.05) is 31.5 Å². The maximum atomic E-state index is 11.1. The molecule has 1 saturated heterocycles. The highest BCUT2D eigenvalue weighted by Crippen LogP contribution is 2.19. The Morgan fingerprint density at radius 2 is 2.12 bits per heavy atom. The molecule has 0 aliphatic carbocycles. The van der Waals surface area contributed by atoms with Crippen LogP contribution in [0.1, 0.15) is 45.1 Å². The molecule has 2 rings (SSSR count). The quantitative estimate of drug-likeness (QED) is 0.322. The van der Waals surface area contributed by atoms with Crippen LogP contribution in [0.2, 0.25) is 0 Å². The van der Waals surface area contributed by atoms with Gasteiger partial charge in [-0.2, -0.15) is 0 Å². The second kappa shape index (κ2) is 10.8. The molecule has 7 heteroatoms. The Morgan fingerprint density at radius 3 is 2.85 bits per heavy atom. The number of nitrogens with one attached hydrogen (secondary N) is 2. The molecule has 26 heavy (non-hydrogen) atoms. The van der Waals surface area contributed by atoms with Crippen molar-refractivity contribution in [1.82, 2.24) is 15.5 Å². The SMILES string of the molecule is CCNC(=NCc1ccccc1[N+](=O)[O-])NCCN1CCCCC1CC. The third-order valence-electron chi connectivity index (χ3n) is 4.85. The van der Waals surface area contributed by atoms with Gasteiger partial charge in [-0.25, -0.2) is 4.99 Å². The smallest absolute Gasteiger partial charge is 0.274 e.